The van der Waals surface area contributed by atoms with Crippen molar-refractivity contribution in [2.24, 2.45) is 11.8 Å². The molecule has 0 aromatic carbocycles. The average molecular weight is 298 g/mol. The Kier molecular flexibility index (Phi) is 5.85. The fraction of sp³-hybridized carbons (Fsp3) is 0.867. The number of carboxylic acids is 1. The molecule has 2 amide bonds. The van der Waals surface area contributed by atoms with Crippen molar-refractivity contribution in [2.45, 2.75) is 63.5 Å². The first-order valence-electron chi connectivity index (χ1n) is 8.01. The lowest BCUT2D eigenvalue weighted by Crippen LogP contribution is -2.50. The standard InChI is InChI=1S/C15H26N2O4/c18-9-11-3-1-2-4-13(11)17-15(21)16-12-7-5-10(6-8-12)14(19)20/h10-13,18H,1-9H2,(H,19,20)(H2,16,17,21). The van der Waals surface area contributed by atoms with Gasteiger partial charge in [-0.15, -0.1) is 0 Å². The molecule has 120 valence electrons. The molecule has 2 atom stereocenters. The predicted octanol–water partition coefficient (Wildman–Crippen LogP) is 1.48. The Labute approximate surface area is 125 Å². The zero-order valence-electron chi connectivity index (χ0n) is 12.4. The first-order chi connectivity index (χ1) is 10.1. The molecular formula is C15H26N2O4. The Hall–Kier alpha value is -1.30. The van der Waals surface area contributed by atoms with Crippen LogP contribution in [0.2, 0.25) is 0 Å². The lowest BCUT2D eigenvalue weighted by atomic mass is 9.85. The van der Waals surface area contributed by atoms with Crippen molar-refractivity contribution in [3.05, 3.63) is 0 Å². The summed E-state index contributed by atoms with van der Waals surface area (Å²) in [6, 6.07) is -0.0602. The van der Waals surface area contributed by atoms with Crippen molar-refractivity contribution in [1.82, 2.24) is 10.6 Å². The normalized spacial score (nSPS) is 33.2. The van der Waals surface area contributed by atoms with Crippen LogP contribution >= 0.6 is 0 Å². The van der Waals surface area contributed by atoms with Crippen LogP contribution in [-0.4, -0.2) is 40.9 Å². The number of carbonyl (C=O) groups excluding carboxylic acids is 1. The number of aliphatic carboxylic acids is 1. The molecule has 2 fully saturated rings. The van der Waals surface area contributed by atoms with Crippen LogP contribution in [0.25, 0.3) is 0 Å². The molecule has 2 aliphatic rings. The van der Waals surface area contributed by atoms with Crippen molar-refractivity contribution in [2.75, 3.05) is 6.61 Å². The van der Waals surface area contributed by atoms with Crippen LogP contribution in [0.15, 0.2) is 0 Å². The van der Waals surface area contributed by atoms with E-state index in [0.717, 1.165) is 38.5 Å². The van der Waals surface area contributed by atoms with E-state index in [-0.39, 0.29) is 36.6 Å². The zero-order valence-corrected chi connectivity index (χ0v) is 12.4. The second-order valence-corrected chi connectivity index (χ2v) is 6.34. The number of rotatable bonds is 4. The molecule has 4 N–H and O–H groups in total. The lowest BCUT2D eigenvalue weighted by molar-refractivity contribution is -0.142. The molecule has 21 heavy (non-hydrogen) atoms. The molecule has 2 aliphatic carbocycles. The fourth-order valence-corrected chi connectivity index (χ4v) is 3.50. The topological polar surface area (TPSA) is 98.7 Å². The van der Waals surface area contributed by atoms with E-state index in [4.69, 9.17) is 5.11 Å². The molecule has 0 aromatic heterocycles. The summed E-state index contributed by atoms with van der Waals surface area (Å²) in [5, 5.41) is 24.2. The molecule has 0 radical (unpaired) electrons. The van der Waals surface area contributed by atoms with E-state index < -0.39 is 5.97 Å². The summed E-state index contributed by atoms with van der Waals surface area (Å²) in [5.41, 5.74) is 0. The van der Waals surface area contributed by atoms with E-state index in [1.807, 2.05) is 0 Å². The quantitative estimate of drug-likeness (QED) is 0.632. The molecule has 2 unspecified atom stereocenters. The van der Waals surface area contributed by atoms with Crippen LogP contribution in [0.1, 0.15) is 51.4 Å². The maximum atomic E-state index is 12.0. The minimum Gasteiger partial charge on any atom is -0.481 e. The van der Waals surface area contributed by atoms with E-state index in [0.29, 0.717) is 12.8 Å². The van der Waals surface area contributed by atoms with Gasteiger partial charge >= 0.3 is 12.0 Å². The summed E-state index contributed by atoms with van der Waals surface area (Å²) < 4.78 is 0. The van der Waals surface area contributed by atoms with Gasteiger partial charge in [-0.05, 0) is 38.5 Å². The van der Waals surface area contributed by atoms with Gasteiger partial charge in [0, 0.05) is 24.6 Å². The van der Waals surface area contributed by atoms with Gasteiger partial charge in [0.2, 0.25) is 0 Å². The molecule has 6 nitrogen and oxygen atoms in total. The second kappa shape index (κ2) is 7.64. The van der Waals surface area contributed by atoms with Gasteiger partial charge in [-0.25, -0.2) is 4.79 Å². The predicted molar refractivity (Wildman–Crippen MR) is 77.9 cm³/mol. The number of hydrogen-bond acceptors (Lipinski definition) is 3. The molecule has 0 aliphatic heterocycles. The van der Waals surface area contributed by atoms with Gasteiger partial charge in [0.15, 0.2) is 0 Å². The summed E-state index contributed by atoms with van der Waals surface area (Å²) in [4.78, 5) is 22.9. The van der Waals surface area contributed by atoms with Gasteiger partial charge in [-0.3, -0.25) is 4.79 Å². The zero-order chi connectivity index (χ0) is 15.2. The average Bonchev–Trinajstić information content (AvgIpc) is 2.48. The molecule has 0 bridgehead atoms. The first kappa shape index (κ1) is 16.1. The van der Waals surface area contributed by atoms with Crippen LogP contribution in [0.3, 0.4) is 0 Å². The van der Waals surface area contributed by atoms with Gasteiger partial charge in [-0.2, -0.15) is 0 Å². The summed E-state index contributed by atoms with van der Waals surface area (Å²) in [6.45, 7) is 0.120. The van der Waals surface area contributed by atoms with Crippen LogP contribution in [0.4, 0.5) is 4.79 Å². The second-order valence-electron chi connectivity index (χ2n) is 6.34. The molecule has 0 aromatic rings. The van der Waals surface area contributed by atoms with Crippen molar-refractivity contribution in [3.63, 3.8) is 0 Å². The highest BCUT2D eigenvalue weighted by Crippen LogP contribution is 2.25. The first-order valence-corrected chi connectivity index (χ1v) is 8.01. The summed E-state index contributed by atoms with van der Waals surface area (Å²) >= 11 is 0. The van der Waals surface area contributed by atoms with Gasteiger partial charge in [-0.1, -0.05) is 12.8 Å². The van der Waals surface area contributed by atoms with Gasteiger partial charge in [0.1, 0.15) is 0 Å². The van der Waals surface area contributed by atoms with E-state index in [1.54, 1.807) is 0 Å². The van der Waals surface area contributed by atoms with E-state index >= 15 is 0 Å². The highest BCUT2D eigenvalue weighted by atomic mass is 16.4. The maximum Gasteiger partial charge on any atom is 0.315 e. The number of aliphatic hydroxyl groups excluding tert-OH is 1. The number of carbonyl (C=O) groups is 2. The van der Waals surface area contributed by atoms with Gasteiger partial charge < -0.3 is 20.8 Å². The highest BCUT2D eigenvalue weighted by molar-refractivity contribution is 5.74. The van der Waals surface area contributed by atoms with Crippen molar-refractivity contribution < 1.29 is 19.8 Å². The van der Waals surface area contributed by atoms with E-state index in [9.17, 15) is 14.7 Å². The van der Waals surface area contributed by atoms with Crippen LogP contribution in [-0.2, 0) is 4.79 Å². The number of urea groups is 1. The van der Waals surface area contributed by atoms with Crippen molar-refractivity contribution in [3.8, 4) is 0 Å². The maximum absolute atomic E-state index is 12.0. The Bertz CT molecular complexity index is 367. The van der Waals surface area contributed by atoms with Crippen LogP contribution in [0.5, 0.6) is 0 Å². The molecule has 2 rings (SSSR count). The van der Waals surface area contributed by atoms with E-state index in [1.165, 1.54) is 0 Å². The summed E-state index contributed by atoms with van der Waals surface area (Å²) in [7, 11) is 0. The SMILES string of the molecule is O=C(NC1CCC(C(=O)O)CC1)NC1CCCCC1CO. The largest absolute Gasteiger partial charge is 0.481 e. The number of amides is 2. The number of hydrogen-bond donors (Lipinski definition) is 4. The molecule has 0 saturated heterocycles. The summed E-state index contributed by atoms with van der Waals surface area (Å²) in [5.74, 6) is -0.832. The third-order valence-corrected chi connectivity index (χ3v) is 4.87. The fourth-order valence-electron chi connectivity index (χ4n) is 3.50. The minimum absolute atomic E-state index is 0.0547. The smallest absolute Gasteiger partial charge is 0.315 e. The monoisotopic (exact) mass is 298 g/mol. The number of nitrogens with one attached hydrogen (secondary N) is 2. The molecule has 0 spiro atoms. The van der Waals surface area contributed by atoms with Crippen LogP contribution < -0.4 is 10.6 Å². The molecular weight excluding hydrogens is 272 g/mol. The van der Waals surface area contributed by atoms with Gasteiger partial charge in [0.25, 0.3) is 0 Å². The molecule has 6 heteroatoms. The van der Waals surface area contributed by atoms with Gasteiger partial charge in [0.05, 0.1) is 5.92 Å². The van der Waals surface area contributed by atoms with E-state index in [2.05, 4.69) is 10.6 Å². The summed E-state index contributed by atoms with van der Waals surface area (Å²) in [6.07, 6.45) is 6.79. The molecule has 0 heterocycles. The Morgan fingerprint density at radius 2 is 1.62 bits per heavy atom. The van der Waals surface area contributed by atoms with Crippen LogP contribution in [0, 0.1) is 11.8 Å². The Morgan fingerprint density at radius 1 is 0.952 bits per heavy atom. The number of carboxylic acid groups (broad SMARTS) is 1. The third kappa shape index (κ3) is 4.59. The van der Waals surface area contributed by atoms with Crippen molar-refractivity contribution >= 4 is 12.0 Å². The third-order valence-electron chi connectivity index (χ3n) is 4.87. The lowest BCUT2D eigenvalue weighted by Gasteiger charge is -2.32. The number of aliphatic hydroxyl groups is 1. The highest BCUT2D eigenvalue weighted by Gasteiger charge is 2.29. The minimum atomic E-state index is -0.731. The van der Waals surface area contributed by atoms with Crippen molar-refractivity contribution in [1.29, 1.82) is 0 Å². The Morgan fingerprint density at radius 3 is 2.24 bits per heavy atom. The molecule has 2 saturated carbocycles. The Balaban J connectivity index is 1.73.